The zero-order chi connectivity index (χ0) is 20.8. The maximum absolute atomic E-state index is 14.0. The molecule has 0 radical (unpaired) electrons. The van der Waals surface area contributed by atoms with Crippen LogP contribution in [0.3, 0.4) is 0 Å². The number of benzene rings is 1. The molecule has 1 atom stereocenters. The van der Waals surface area contributed by atoms with Crippen molar-refractivity contribution in [3.8, 4) is 0 Å². The summed E-state index contributed by atoms with van der Waals surface area (Å²) in [6, 6.07) is 5.98. The van der Waals surface area contributed by atoms with Crippen LogP contribution in [-0.2, 0) is 4.79 Å². The van der Waals surface area contributed by atoms with E-state index in [2.05, 4.69) is 15.1 Å². The van der Waals surface area contributed by atoms with Crippen LogP contribution in [0, 0.1) is 11.7 Å². The predicted molar refractivity (Wildman–Crippen MR) is 111 cm³/mol. The Kier molecular flexibility index (Phi) is 7.61. The van der Waals surface area contributed by atoms with Gasteiger partial charge in [-0.15, -0.1) is 0 Å². The van der Waals surface area contributed by atoms with E-state index >= 15 is 0 Å². The summed E-state index contributed by atoms with van der Waals surface area (Å²) in [6.07, 6.45) is 4.52. The SMILES string of the molecule is CN(C)CCNC(=O)C(C1CCCC1)N1CCN(C(=O)c2ccccc2F)CC1. The van der Waals surface area contributed by atoms with Crippen molar-refractivity contribution in [1.29, 1.82) is 0 Å². The summed E-state index contributed by atoms with van der Waals surface area (Å²) in [6.45, 7) is 3.77. The highest BCUT2D eigenvalue weighted by atomic mass is 19.1. The summed E-state index contributed by atoms with van der Waals surface area (Å²) in [4.78, 5) is 31.6. The first-order valence-corrected chi connectivity index (χ1v) is 10.7. The Morgan fingerprint density at radius 2 is 1.79 bits per heavy atom. The lowest BCUT2D eigenvalue weighted by molar-refractivity contribution is -0.129. The minimum absolute atomic E-state index is 0.104. The predicted octanol–water partition coefficient (Wildman–Crippen LogP) is 1.82. The number of rotatable bonds is 7. The van der Waals surface area contributed by atoms with E-state index < -0.39 is 5.82 Å². The molecule has 3 rings (SSSR count). The van der Waals surface area contributed by atoms with Gasteiger partial charge in [-0.1, -0.05) is 25.0 Å². The second-order valence-corrected chi connectivity index (χ2v) is 8.39. The largest absolute Gasteiger partial charge is 0.353 e. The standard InChI is InChI=1S/C22H33FN4O2/c1-25(2)12-11-24-21(28)20(17-7-3-4-8-17)26-13-15-27(16-14-26)22(29)18-9-5-6-10-19(18)23/h5-6,9-10,17,20H,3-4,7-8,11-16H2,1-2H3,(H,24,28). The van der Waals surface area contributed by atoms with Crippen LogP contribution in [0.15, 0.2) is 24.3 Å². The van der Waals surface area contributed by atoms with E-state index in [-0.39, 0.29) is 23.4 Å². The molecule has 7 heteroatoms. The number of amides is 2. The molecule has 2 amide bonds. The van der Waals surface area contributed by atoms with Crippen molar-refractivity contribution in [3.05, 3.63) is 35.6 Å². The molecule has 160 valence electrons. The first kappa shape index (κ1) is 21.7. The van der Waals surface area contributed by atoms with Gasteiger partial charge >= 0.3 is 0 Å². The van der Waals surface area contributed by atoms with E-state index in [0.29, 0.717) is 38.6 Å². The van der Waals surface area contributed by atoms with Gasteiger partial charge in [0.05, 0.1) is 11.6 Å². The molecule has 1 aromatic rings. The van der Waals surface area contributed by atoms with Gasteiger partial charge in [-0.3, -0.25) is 14.5 Å². The number of hydrogen-bond acceptors (Lipinski definition) is 4. The van der Waals surface area contributed by atoms with Gasteiger partial charge in [0.25, 0.3) is 5.91 Å². The molecule has 1 unspecified atom stereocenters. The molecule has 6 nitrogen and oxygen atoms in total. The fraction of sp³-hybridized carbons (Fsp3) is 0.636. The van der Waals surface area contributed by atoms with Gasteiger partial charge in [-0.05, 0) is 45.0 Å². The van der Waals surface area contributed by atoms with Gasteiger partial charge in [-0.2, -0.15) is 0 Å². The van der Waals surface area contributed by atoms with Gasteiger partial charge in [-0.25, -0.2) is 4.39 Å². The average Bonchev–Trinajstić information content (AvgIpc) is 3.22. The first-order chi connectivity index (χ1) is 14.0. The number of piperazine rings is 1. The smallest absolute Gasteiger partial charge is 0.256 e. The molecule has 29 heavy (non-hydrogen) atoms. The van der Waals surface area contributed by atoms with Crippen molar-refractivity contribution in [3.63, 3.8) is 0 Å². The maximum Gasteiger partial charge on any atom is 0.256 e. The second-order valence-electron chi connectivity index (χ2n) is 8.39. The van der Waals surface area contributed by atoms with Crippen LogP contribution in [0.25, 0.3) is 0 Å². The highest BCUT2D eigenvalue weighted by Crippen LogP contribution is 2.31. The summed E-state index contributed by atoms with van der Waals surface area (Å²) in [5.74, 6) is -0.268. The molecule has 1 aliphatic carbocycles. The Hall–Kier alpha value is -1.99. The third-order valence-electron chi connectivity index (χ3n) is 6.07. The topological polar surface area (TPSA) is 55.9 Å². The van der Waals surface area contributed by atoms with E-state index in [1.165, 1.54) is 25.0 Å². The normalized spacial score (nSPS) is 19.5. The van der Waals surface area contributed by atoms with Crippen molar-refractivity contribution in [1.82, 2.24) is 20.0 Å². The van der Waals surface area contributed by atoms with Crippen LogP contribution < -0.4 is 5.32 Å². The van der Waals surface area contributed by atoms with Gasteiger partial charge < -0.3 is 15.1 Å². The van der Waals surface area contributed by atoms with Crippen molar-refractivity contribution in [2.45, 2.75) is 31.7 Å². The van der Waals surface area contributed by atoms with E-state index in [1.54, 1.807) is 17.0 Å². The highest BCUT2D eigenvalue weighted by Gasteiger charge is 2.37. The number of carbonyl (C=O) groups is 2. The van der Waals surface area contributed by atoms with Crippen LogP contribution >= 0.6 is 0 Å². The number of hydrogen-bond donors (Lipinski definition) is 1. The van der Waals surface area contributed by atoms with E-state index in [0.717, 1.165) is 19.4 Å². The quantitative estimate of drug-likeness (QED) is 0.753. The Bertz CT molecular complexity index is 698. The number of carbonyl (C=O) groups excluding carboxylic acids is 2. The molecule has 0 spiro atoms. The number of halogens is 1. The average molecular weight is 405 g/mol. The van der Waals surface area contributed by atoms with Crippen molar-refractivity contribution in [2.75, 3.05) is 53.4 Å². The molecule has 0 bridgehead atoms. The minimum Gasteiger partial charge on any atom is -0.353 e. The summed E-state index contributed by atoms with van der Waals surface area (Å²) in [5, 5.41) is 3.10. The van der Waals surface area contributed by atoms with Gasteiger partial charge in [0, 0.05) is 39.3 Å². The van der Waals surface area contributed by atoms with E-state index in [4.69, 9.17) is 0 Å². The second kappa shape index (κ2) is 10.2. The molecule has 2 fully saturated rings. The van der Waals surface area contributed by atoms with E-state index in [1.807, 2.05) is 14.1 Å². The van der Waals surface area contributed by atoms with Gasteiger partial charge in [0.1, 0.15) is 5.82 Å². The molecule has 1 heterocycles. The highest BCUT2D eigenvalue weighted by molar-refractivity contribution is 5.94. The number of nitrogens with one attached hydrogen (secondary N) is 1. The first-order valence-electron chi connectivity index (χ1n) is 10.7. The van der Waals surface area contributed by atoms with E-state index in [9.17, 15) is 14.0 Å². The lowest BCUT2D eigenvalue weighted by Gasteiger charge is -2.40. The fourth-order valence-electron chi connectivity index (χ4n) is 4.47. The van der Waals surface area contributed by atoms with Crippen molar-refractivity contribution < 1.29 is 14.0 Å². The van der Waals surface area contributed by atoms with Crippen molar-refractivity contribution in [2.24, 2.45) is 5.92 Å². The molecular formula is C22H33FN4O2. The van der Waals surface area contributed by atoms with Crippen LogP contribution in [0.1, 0.15) is 36.0 Å². The minimum atomic E-state index is -0.482. The Morgan fingerprint density at radius 1 is 1.14 bits per heavy atom. The molecule has 1 aliphatic heterocycles. The third kappa shape index (κ3) is 5.54. The molecular weight excluding hydrogens is 371 g/mol. The Balaban J connectivity index is 1.61. The van der Waals surface area contributed by atoms with Gasteiger partial charge in [0.2, 0.25) is 5.91 Å². The lowest BCUT2D eigenvalue weighted by atomic mass is 9.95. The van der Waals surface area contributed by atoms with Crippen LogP contribution in [0.2, 0.25) is 0 Å². The molecule has 1 N–H and O–H groups in total. The lowest BCUT2D eigenvalue weighted by Crippen LogP contribution is -2.58. The Morgan fingerprint density at radius 3 is 2.41 bits per heavy atom. The van der Waals surface area contributed by atoms with Crippen LogP contribution in [-0.4, -0.2) is 85.9 Å². The number of likely N-dealkylation sites (N-methyl/N-ethyl adjacent to an activating group) is 1. The Labute approximate surface area is 173 Å². The maximum atomic E-state index is 14.0. The summed E-state index contributed by atoms with van der Waals surface area (Å²) in [7, 11) is 3.98. The molecule has 1 saturated heterocycles. The molecule has 0 aromatic heterocycles. The van der Waals surface area contributed by atoms with Crippen molar-refractivity contribution >= 4 is 11.8 Å². The van der Waals surface area contributed by atoms with Crippen LogP contribution in [0.4, 0.5) is 4.39 Å². The van der Waals surface area contributed by atoms with Crippen LogP contribution in [0.5, 0.6) is 0 Å². The zero-order valence-electron chi connectivity index (χ0n) is 17.6. The zero-order valence-corrected chi connectivity index (χ0v) is 17.6. The molecule has 1 saturated carbocycles. The summed E-state index contributed by atoms with van der Waals surface area (Å²) < 4.78 is 14.0. The monoisotopic (exact) mass is 404 g/mol. The molecule has 2 aliphatic rings. The summed E-state index contributed by atoms with van der Waals surface area (Å²) in [5.41, 5.74) is 0.120. The number of nitrogens with zero attached hydrogens (tertiary/aromatic N) is 3. The summed E-state index contributed by atoms with van der Waals surface area (Å²) >= 11 is 0. The third-order valence-corrected chi connectivity index (χ3v) is 6.07. The van der Waals surface area contributed by atoms with Gasteiger partial charge in [0.15, 0.2) is 0 Å². The fourth-order valence-corrected chi connectivity index (χ4v) is 4.47. The molecule has 1 aromatic carbocycles.